The lowest BCUT2D eigenvalue weighted by Crippen LogP contribution is -2.55. The number of alkyl halides is 3. The molecule has 0 bridgehead atoms. The summed E-state index contributed by atoms with van der Waals surface area (Å²) in [5.74, 6) is -4.65. The zero-order valence-corrected chi connectivity index (χ0v) is 24.1. The SMILES string of the molecule is COC(=O)[C@@H]1OC(=O)N(C(=O)N([C@@H]2CCNC2)[C@H]2CC[C@H](c3ccc(F)cc3OCC(F)(F)F)CC2)[C@H]1c1ccc(F)c(F)c1. The fraction of sp³-hybridized carbons (Fsp3) is 0.500. The van der Waals surface area contributed by atoms with Gasteiger partial charge in [-0.3, -0.25) is 0 Å². The Balaban J connectivity index is 1.41. The van der Waals surface area contributed by atoms with Crippen LogP contribution in [0.1, 0.15) is 55.2 Å². The van der Waals surface area contributed by atoms with Crippen molar-refractivity contribution in [1.82, 2.24) is 15.1 Å². The number of methoxy groups -OCH3 is 1. The first-order valence-electron chi connectivity index (χ1n) is 14.4. The van der Waals surface area contributed by atoms with Crippen LogP contribution in [0.4, 0.5) is 35.9 Å². The van der Waals surface area contributed by atoms with Gasteiger partial charge in [-0.1, -0.05) is 12.1 Å². The Morgan fingerprint density at radius 1 is 1.00 bits per heavy atom. The number of cyclic esters (lactones) is 1. The number of hydrogen-bond donors (Lipinski definition) is 1. The quantitative estimate of drug-likeness (QED) is 0.311. The van der Waals surface area contributed by atoms with Gasteiger partial charge in [0.25, 0.3) is 0 Å². The highest BCUT2D eigenvalue weighted by Gasteiger charge is 2.53. The van der Waals surface area contributed by atoms with E-state index in [1.54, 1.807) is 0 Å². The van der Waals surface area contributed by atoms with E-state index in [1.807, 2.05) is 0 Å². The van der Waals surface area contributed by atoms with Crippen LogP contribution >= 0.6 is 0 Å². The van der Waals surface area contributed by atoms with Crippen LogP contribution in [-0.2, 0) is 14.3 Å². The number of ether oxygens (including phenoxy) is 3. The minimum atomic E-state index is -4.61. The summed E-state index contributed by atoms with van der Waals surface area (Å²) >= 11 is 0. The fourth-order valence-electron chi connectivity index (χ4n) is 6.40. The molecule has 5 rings (SSSR count). The average molecular weight is 644 g/mol. The summed E-state index contributed by atoms with van der Waals surface area (Å²) in [6.45, 7) is -0.591. The molecule has 3 fully saturated rings. The molecule has 2 heterocycles. The number of rotatable bonds is 7. The van der Waals surface area contributed by atoms with E-state index in [0.717, 1.165) is 42.3 Å². The summed E-state index contributed by atoms with van der Waals surface area (Å²) < 4.78 is 95.4. The van der Waals surface area contributed by atoms with Crippen molar-refractivity contribution < 1.29 is 54.9 Å². The molecule has 3 aliphatic rings. The molecule has 1 saturated carbocycles. The van der Waals surface area contributed by atoms with Crippen LogP contribution in [0.2, 0.25) is 0 Å². The molecular formula is C30H31F6N3O6. The number of hydrogen-bond acceptors (Lipinski definition) is 7. The summed E-state index contributed by atoms with van der Waals surface area (Å²) in [5.41, 5.74) is 0.362. The van der Waals surface area contributed by atoms with E-state index in [9.17, 15) is 40.7 Å². The molecule has 15 heteroatoms. The number of urea groups is 1. The van der Waals surface area contributed by atoms with E-state index in [4.69, 9.17) is 14.2 Å². The molecule has 1 aliphatic carbocycles. The van der Waals surface area contributed by atoms with Crippen molar-refractivity contribution in [2.75, 3.05) is 26.8 Å². The summed E-state index contributed by atoms with van der Waals surface area (Å²) in [5, 5.41) is 3.18. The molecular weight excluding hydrogens is 612 g/mol. The Morgan fingerprint density at radius 3 is 2.36 bits per heavy atom. The van der Waals surface area contributed by atoms with Gasteiger partial charge in [0.2, 0.25) is 6.10 Å². The lowest BCUT2D eigenvalue weighted by molar-refractivity contribution is -0.153. The van der Waals surface area contributed by atoms with Crippen LogP contribution in [0.5, 0.6) is 5.75 Å². The van der Waals surface area contributed by atoms with Crippen molar-refractivity contribution in [1.29, 1.82) is 0 Å². The topological polar surface area (TPSA) is 97.4 Å². The minimum absolute atomic E-state index is 0.0561. The first kappa shape index (κ1) is 32.4. The van der Waals surface area contributed by atoms with Crippen molar-refractivity contribution in [2.24, 2.45) is 0 Å². The number of esters is 1. The molecule has 3 amide bonds. The molecule has 3 atom stereocenters. The maximum absolute atomic E-state index is 14.3. The van der Waals surface area contributed by atoms with Crippen molar-refractivity contribution in [3.8, 4) is 5.75 Å². The van der Waals surface area contributed by atoms with E-state index >= 15 is 0 Å². The van der Waals surface area contributed by atoms with Crippen LogP contribution in [0, 0.1) is 17.5 Å². The fourth-order valence-corrected chi connectivity index (χ4v) is 6.40. The second-order valence-electron chi connectivity index (χ2n) is 11.2. The first-order chi connectivity index (χ1) is 21.4. The normalized spacial score (nSPS) is 25.2. The van der Waals surface area contributed by atoms with E-state index in [1.165, 1.54) is 11.0 Å². The zero-order chi connectivity index (χ0) is 32.5. The number of carbonyl (C=O) groups excluding carboxylic acids is 3. The second kappa shape index (κ2) is 13.2. The highest BCUT2D eigenvalue weighted by Crippen LogP contribution is 2.42. The molecule has 244 valence electrons. The first-order valence-corrected chi connectivity index (χ1v) is 14.4. The van der Waals surface area contributed by atoms with Gasteiger partial charge in [-0.2, -0.15) is 13.2 Å². The highest BCUT2D eigenvalue weighted by atomic mass is 19.4. The molecule has 0 aromatic heterocycles. The van der Waals surface area contributed by atoms with Crippen LogP contribution in [0.3, 0.4) is 0 Å². The van der Waals surface area contributed by atoms with Gasteiger partial charge >= 0.3 is 24.3 Å². The maximum atomic E-state index is 14.3. The maximum Gasteiger partial charge on any atom is 0.422 e. The van der Waals surface area contributed by atoms with Gasteiger partial charge in [0.05, 0.1) is 7.11 Å². The summed E-state index contributed by atoms with van der Waals surface area (Å²) in [6, 6.07) is 3.16. The monoisotopic (exact) mass is 643 g/mol. The van der Waals surface area contributed by atoms with Gasteiger partial charge in [-0.15, -0.1) is 0 Å². The third-order valence-electron chi connectivity index (χ3n) is 8.46. The van der Waals surface area contributed by atoms with Gasteiger partial charge < -0.3 is 24.4 Å². The lowest BCUT2D eigenvalue weighted by atomic mass is 9.80. The lowest BCUT2D eigenvalue weighted by Gasteiger charge is -2.42. The number of carbonyl (C=O) groups is 3. The standard InChI is InChI=1S/C30H31F6N3O6/c1-43-27(40)26-25(17-4-9-22(32)23(33)12-17)39(29(42)45-26)28(41)38(20-10-11-37-14-20)19-6-2-16(3-7-19)21-8-5-18(31)13-24(21)44-15-30(34,35)36/h4-5,8-9,12-13,16,19-20,25-26,37H,2-3,6-7,10-11,14-15H2,1H3/t16-,19-,20-,25+,26-/m1/s1. The molecule has 2 saturated heterocycles. The Labute approximate surface area is 254 Å². The van der Waals surface area contributed by atoms with E-state index in [0.29, 0.717) is 50.8 Å². The second-order valence-corrected chi connectivity index (χ2v) is 11.2. The number of nitrogens with zero attached hydrogens (tertiary/aromatic N) is 2. The summed E-state index contributed by atoms with van der Waals surface area (Å²) in [4.78, 5) is 42.3. The van der Waals surface area contributed by atoms with Gasteiger partial charge in [0.15, 0.2) is 18.2 Å². The smallest absolute Gasteiger partial charge is 0.422 e. The Morgan fingerprint density at radius 2 is 1.73 bits per heavy atom. The van der Waals surface area contributed by atoms with Gasteiger partial charge in [-0.25, -0.2) is 32.5 Å². The van der Waals surface area contributed by atoms with E-state index in [2.05, 4.69) is 5.32 Å². The number of amides is 3. The van der Waals surface area contributed by atoms with Gasteiger partial charge in [0, 0.05) is 24.7 Å². The third kappa shape index (κ3) is 6.97. The number of halogens is 6. The number of benzene rings is 2. The molecule has 0 unspecified atom stereocenters. The largest absolute Gasteiger partial charge is 0.484 e. The summed E-state index contributed by atoms with van der Waals surface area (Å²) in [7, 11) is 1.05. The van der Waals surface area contributed by atoms with Crippen LogP contribution in [-0.4, -0.2) is 79.1 Å². The molecule has 2 aromatic carbocycles. The molecule has 0 spiro atoms. The van der Waals surface area contributed by atoms with Crippen LogP contribution < -0.4 is 10.1 Å². The Kier molecular flexibility index (Phi) is 9.46. The van der Waals surface area contributed by atoms with Crippen LogP contribution in [0.25, 0.3) is 0 Å². The average Bonchev–Trinajstić information content (AvgIpc) is 3.65. The summed E-state index contributed by atoms with van der Waals surface area (Å²) in [6.07, 6.45) is -5.30. The minimum Gasteiger partial charge on any atom is -0.484 e. The van der Waals surface area contributed by atoms with E-state index in [-0.39, 0.29) is 23.3 Å². The third-order valence-corrected chi connectivity index (χ3v) is 8.46. The predicted octanol–water partition coefficient (Wildman–Crippen LogP) is 5.59. The van der Waals surface area contributed by atoms with Gasteiger partial charge in [0.1, 0.15) is 17.6 Å². The van der Waals surface area contributed by atoms with Crippen molar-refractivity contribution >= 4 is 18.1 Å². The van der Waals surface area contributed by atoms with Crippen molar-refractivity contribution in [2.45, 2.75) is 68.4 Å². The predicted molar refractivity (Wildman–Crippen MR) is 145 cm³/mol. The molecule has 0 radical (unpaired) electrons. The van der Waals surface area contributed by atoms with Gasteiger partial charge in [-0.05, 0) is 73.9 Å². The number of nitrogens with one attached hydrogen (secondary N) is 1. The molecule has 2 aliphatic heterocycles. The zero-order valence-electron chi connectivity index (χ0n) is 24.1. The molecule has 9 nitrogen and oxygen atoms in total. The Hall–Kier alpha value is -4.01. The molecule has 2 aromatic rings. The molecule has 45 heavy (non-hydrogen) atoms. The van der Waals surface area contributed by atoms with Crippen LogP contribution in [0.15, 0.2) is 36.4 Å². The van der Waals surface area contributed by atoms with Crippen molar-refractivity contribution in [3.05, 3.63) is 65.0 Å². The number of imide groups is 1. The molecule has 1 N–H and O–H groups in total. The van der Waals surface area contributed by atoms with Crippen molar-refractivity contribution in [3.63, 3.8) is 0 Å². The van der Waals surface area contributed by atoms with E-state index < -0.39 is 66.5 Å². The highest BCUT2D eigenvalue weighted by molar-refractivity contribution is 5.96. The Bertz CT molecular complexity index is 1430.